The maximum Gasteiger partial charge on any atom is 0.414 e. The highest BCUT2D eigenvalue weighted by Gasteiger charge is 2.28. The predicted octanol–water partition coefficient (Wildman–Crippen LogP) is 4.20. The molecule has 26 heavy (non-hydrogen) atoms. The Hall–Kier alpha value is -2.33. The third-order valence-electron chi connectivity index (χ3n) is 5.62. The number of cyclic esters (lactones) is 1. The van der Waals surface area contributed by atoms with Crippen molar-refractivity contribution in [2.75, 3.05) is 31.1 Å². The minimum atomic E-state index is -0.211. The zero-order valence-electron chi connectivity index (χ0n) is 15.4. The van der Waals surface area contributed by atoms with E-state index in [2.05, 4.69) is 60.4 Å². The molecule has 0 aliphatic carbocycles. The Labute approximate surface area is 155 Å². The first-order chi connectivity index (χ1) is 12.7. The SMILES string of the molecule is CC(CCN1CCc2c(cccc2N2CCOC2=O)C1)c1ccccc1. The predicted molar refractivity (Wildman–Crippen MR) is 104 cm³/mol. The van der Waals surface area contributed by atoms with Gasteiger partial charge in [0.2, 0.25) is 0 Å². The van der Waals surface area contributed by atoms with Crippen LogP contribution in [0.15, 0.2) is 48.5 Å². The smallest absolute Gasteiger partial charge is 0.414 e. The molecule has 0 N–H and O–H groups in total. The van der Waals surface area contributed by atoms with E-state index in [1.54, 1.807) is 4.90 Å². The number of benzene rings is 2. The van der Waals surface area contributed by atoms with Gasteiger partial charge in [-0.2, -0.15) is 0 Å². The molecule has 4 nitrogen and oxygen atoms in total. The first-order valence-corrected chi connectivity index (χ1v) is 9.55. The van der Waals surface area contributed by atoms with E-state index in [9.17, 15) is 4.79 Å². The lowest BCUT2D eigenvalue weighted by atomic mass is 9.95. The first kappa shape index (κ1) is 17.1. The van der Waals surface area contributed by atoms with Crippen LogP contribution in [-0.2, 0) is 17.7 Å². The Morgan fingerprint density at radius 2 is 1.92 bits per heavy atom. The highest BCUT2D eigenvalue weighted by Crippen LogP contribution is 2.31. The molecule has 0 spiro atoms. The van der Waals surface area contributed by atoms with Gasteiger partial charge < -0.3 is 4.74 Å². The normalized spacial score (nSPS) is 18.5. The van der Waals surface area contributed by atoms with Crippen LogP contribution in [-0.4, -0.2) is 37.2 Å². The van der Waals surface area contributed by atoms with E-state index in [-0.39, 0.29) is 6.09 Å². The van der Waals surface area contributed by atoms with E-state index in [0.717, 1.165) is 38.2 Å². The van der Waals surface area contributed by atoms with Crippen molar-refractivity contribution in [3.05, 3.63) is 65.2 Å². The fraction of sp³-hybridized carbons (Fsp3) is 0.409. The van der Waals surface area contributed by atoms with Gasteiger partial charge in [-0.15, -0.1) is 0 Å². The summed E-state index contributed by atoms with van der Waals surface area (Å²) in [6, 6.07) is 17.1. The molecule has 2 aliphatic heterocycles. The summed E-state index contributed by atoms with van der Waals surface area (Å²) in [5, 5.41) is 0. The lowest BCUT2D eigenvalue weighted by Gasteiger charge is -2.32. The summed E-state index contributed by atoms with van der Waals surface area (Å²) in [6.07, 6.45) is 1.95. The molecule has 1 fully saturated rings. The molecule has 0 saturated carbocycles. The van der Waals surface area contributed by atoms with Crippen LogP contribution in [0.5, 0.6) is 0 Å². The van der Waals surface area contributed by atoms with Crippen molar-refractivity contribution < 1.29 is 9.53 Å². The maximum atomic E-state index is 11.9. The Kier molecular flexibility index (Phi) is 4.93. The fourth-order valence-electron chi connectivity index (χ4n) is 4.03. The molecule has 2 heterocycles. The Morgan fingerprint density at radius 1 is 1.08 bits per heavy atom. The van der Waals surface area contributed by atoms with E-state index in [1.165, 1.54) is 16.7 Å². The molecule has 0 radical (unpaired) electrons. The van der Waals surface area contributed by atoms with E-state index in [0.29, 0.717) is 19.1 Å². The number of hydrogen-bond acceptors (Lipinski definition) is 3. The van der Waals surface area contributed by atoms with Gasteiger partial charge in [-0.25, -0.2) is 4.79 Å². The Balaban J connectivity index is 1.41. The summed E-state index contributed by atoms with van der Waals surface area (Å²) in [5.74, 6) is 0.573. The van der Waals surface area contributed by atoms with Crippen LogP contribution < -0.4 is 4.90 Å². The number of nitrogens with zero attached hydrogens (tertiary/aromatic N) is 2. The average Bonchev–Trinajstić information content (AvgIpc) is 3.11. The summed E-state index contributed by atoms with van der Waals surface area (Å²) in [6.45, 7) is 6.58. The molecule has 1 amide bonds. The highest BCUT2D eigenvalue weighted by molar-refractivity contribution is 5.90. The summed E-state index contributed by atoms with van der Waals surface area (Å²) in [7, 11) is 0. The molecule has 4 heteroatoms. The van der Waals surface area contributed by atoms with Gasteiger partial charge in [0.25, 0.3) is 0 Å². The molecular weight excluding hydrogens is 324 g/mol. The van der Waals surface area contributed by atoms with Crippen LogP contribution >= 0.6 is 0 Å². The van der Waals surface area contributed by atoms with Gasteiger partial charge in [-0.05, 0) is 48.1 Å². The Morgan fingerprint density at radius 3 is 2.69 bits per heavy atom. The van der Waals surface area contributed by atoms with Crippen LogP contribution in [0.1, 0.15) is 36.0 Å². The summed E-state index contributed by atoms with van der Waals surface area (Å²) < 4.78 is 5.12. The molecular formula is C22H26N2O2. The van der Waals surface area contributed by atoms with Crippen molar-refractivity contribution in [1.82, 2.24) is 4.90 Å². The van der Waals surface area contributed by atoms with E-state index in [1.807, 2.05) is 0 Å². The van der Waals surface area contributed by atoms with Gasteiger partial charge in [-0.1, -0.05) is 49.4 Å². The first-order valence-electron chi connectivity index (χ1n) is 9.55. The van der Waals surface area contributed by atoms with Crippen molar-refractivity contribution in [3.8, 4) is 0 Å². The number of carbonyl (C=O) groups excluding carboxylic acids is 1. The molecule has 2 aromatic rings. The molecule has 1 atom stereocenters. The second-order valence-corrected chi connectivity index (χ2v) is 7.31. The van der Waals surface area contributed by atoms with Gasteiger partial charge in [0, 0.05) is 13.1 Å². The van der Waals surface area contributed by atoms with Gasteiger partial charge in [0.05, 0.1) is 12.2 Å². The third-order valence-corrected chi connectivity index (χ3v) is 5.62. The van der Waals surface area contributed by atoms with E-state index < -0.39 is 0 Å². The fourth-order valence-corrected chi connectivity index (χ4v) is 4.03. The molecule has 2 aromatic carbocycles. The van der Waals surface area contributed by atoms with Crippen molar-refractivity contribution >= 4 is 11.8 Å². The van der Waals surface area contributed by atoms with Crippen LogP contribution in [0, 0.1) is 0 Å². The molecule has 4 rings (SSSR count). The summed E-state index contributed by atoms with van der Waals surface area (Å²) in [4.78, 5) is 16.2. The standard InChI is InChI=1S/C22H26N2O2/c1-17(18-6-3-2-4-7-18)10-12-23-13-11-20-19(16-23)8-5-9-21(20)24-14-15-26-22(24)25/h2-9,17H,10-16H2,1H3. The molecule has 1 saturated heterocycles. The van der Waals surface area contributed by atoms with Crippen molar-refractivity contribution in [1.29, 1.82) is 0 Å². The molecule has 1 unspecified atom stereocenters. The lowest BCUT2D eigenvalue weighted by Crippen LogP contribution is -2.34. The van der Waals surface area contributed by atoms with Gasteiger partial charge >= 0.3 is 6.09 Å². The lowest BCUT2D eigenvalue weighted by molar-refractivity contribution is 0.181. The second-order valence-electron chi connectivity index (χ2n) is 7.31. The number of anilines is 1. The minimum absolute atomic E-state index is 0.211. The van der Waals surface area contributed by atoms with E-state index >= 15 is 0 Å². The minimum Gasteiger partial charge on any atom is -0.447 e. The van der Waals surface area contributed by atoms with Crippen molar-refractivity contribution in [2.45, 2.75) is 32.2 Å². The average molecular weight is 350 g/mol. The quantitative estimate of drug-likeness (QED) is 0.810. The highest BCUT2D eigenvalue weighted by atomic mass is 16.6. The molecule has 0 bridgehead atoms. The third kappa shape index (κ3) is 3.47. The summed E-state index contributed by atoms with van der Waals surface area (Å²) in [5.41, 5.74) is 5.13. The molecule has 136 valence electrons. The van der Waals surface area contributed by atoms with Gasteiger partial charge in [0.15, 0.2) is 0 Å². The number of ether oxygens (including phenoxy) is 1. The van der Waals surface area contributed by atoms with Crippen LogP contribution in [0.2, 0.25) is 0 Å². The van der Waals surface area contributed by atoms with Crippen LogP contribution in [0.25, 0.3) is 0 Å². The number of amides is 1. The van der Waals surface area contributed by atoms with Gasteiger partial charge in [-0.3, -0.25) is 9.80 Å². The monoisotopic (exact) mass is 350 g/mol. The Bertz CT molecular complexity index is 775. The number of carbonyl (C=O) groups is 1. The number of rotatable bonds is 5. The topological polar surface area (TPSA) is 32.8 Å². The second kappa shape index (κ2) is 7.50. The number of hydrogen-bond donors (Lipinski definition) is 0. The largest absolute Gasteiger partial charge is 0.447 e. The zero-order valence-corrected chi connectivity index (χ0v) is 15.4. The van der Waals surface area contributed by atoms with Crippen molar-refractivity contribution in [3.63, 3.8) is 0 Å². The van der Waals surface area contributed by atoms with Crippen molar-refractivity contribution in [2.24, 2.45) is 0 Å². The van der Waals surface area contributed by atoms with E-state index in [4.69, 9.17) is 4.74 Å². The van der Waals surface area contributed by atoms with Crippen LogP contribution in [0.3, 0.4) is 0 Å². The molecule has 2 aliphatic rings. The summed E-state index contributed by atoms with van der Waals surface area (Å²) >= 11 is 0. The molecule has 0 aromatic heterocycles. The zero-order chi connectivity index (χ0) is 17.9. The maximum absolute atomic E-state index is 11.9. The van der Waals surface area contributed by atoms with Gasteiger partial charge in [0.1, 0.15) is 6.61 Å². The van der Waals surface area contributed by atoms with Crippen LogP contribution in [0.4, 0.5) is 10.5 Å². The number of fused-ring (bicyclic) bond motifs is 1.